The first-order valence-electron chi connectivity index (χ1n) is 12.6. The molecule has 2 saturated heterocycles. The number of fused-ring (bicyclic) bond motifs is 1. The molecule has 0 spiro atoms. The zero-order valence-electron chi connectivity index (χ0n) is 20.4. The van der Waals surface area contributed by atoms with E-state index in [1.165, 1.54) is 18.1 Å². The first-order valence-corrected chi connectivity index (χ1v) is 13.0. The SMILES string of the molecule is O=c1cc(OCc2ccc(Cl)cn2)ccn1-c1ccc(N2CC3CCN(Cc4ccccc4)C3C2)nc1. The molecule has 5 heterocycles. The largest absolute Gasteiger partial charge is 0.487 e. The molecule has 0 radical (unpaired) electrons. The van der Waals surface area contributed by atoms with Crippen LogP contribution in [0.2, 0.25) is 5.02 Å². The van der Waals surface area contributed by atoms with Crippen LogP contribution in [0.3, 0.4) is 0 Å². The summed E-state index contributed by atoms with van der Waals surface area (Å²) in [5.74, 6) is 2.12. The Morgan fingerprint density at radius 1 is 0.973 bits per heavy atom. The van der Waals surface area contributed by atoms with E-state index in [0.29, 0.717) is 22.7 Å². The lowest BCUT2D eigenvalue weighted by molar-refractivity contribution is 0.245. The van der Waals surface area contributed by atoms with Crippen molar-refractivity contribution in [2.75, 3.05) is 24.5 Å². The molecule has 8 heteroatoms. The maximum absolute atomic E-state index is 12.8. The molecule has 2 fully saturated rings. The molecule has 37 heavy (non-hydrogen) atoms. The Labute approximate surface area is 220 Å². The Morgan fingerprint density at radius 2 is 1.86 bits per heavy atom. The molecule has 2 unspecified atom stereocenters. The maximum atomic E-state index is 12.8. The maximum Gasteiger partial charge on any atom is 0.258 e. The Bertz CT molecular complexity index is 1410. The summed E-state index contributed by atoms with van der Waals surface area (Å²) in [5.41, 5.74) is 2.66. The number of halogens is 1. The Hall–Kier alpha value is -3.68. The minimum Gasteiger partial charge on any atom is -0.487 e. The second-order valence-electron chi connectivity index (χ2n) is 9.68. The molecule has 3 aromatic heterocycles. The summed E-state index contributed by atoms with van der Waals surface area (Å²) in [6.45, 7) is 4.43. The van der Waals surface area contributed by atoms with Crippen molar-refractivity contribution in [1.82, 2.24) is 19.4 Å². The number of anilines is 1. The Balaban J connectivity index is 1.09. The van der Waals surface area contributed by atoms with Gasteiger partial charge in [0.05, 0.1) is 22.6 Å². The number of ether oxygens (including phenoxy) is 1. The van der Waals surface area contributed by atoms with E-state index in [4.69, 9.17) is 21.3 Å². The normalized spacial score (nSPS) is 19.2. The van der Waals surface area contributed by atoms with E-state index in [-0.39, 0.29) is 12.2 Å². The second-order valence-corrected chi connectivity index (χ2v) is 10.1. The number of nitrogens with zero attached hydrogens (tertiary/aromatic N) is 5. The third-order valence-electron chi connectivity index (χ3n) is 7.29. The van der Waals surface area contributed by atoms with Crippen molar-refractivity contribution in [3.63, 3.8) is 0 Å². The van der Waals surface area contributed by atoms with Gasteiger partial charge in [0, 0.05) is 44.1 Å². The van der Waals surface area contributed by atoms with Gasteiger partial charge in [-0.1, -0.05) is 41.9 Å². The number of likely N-dealkylation sites (tertiary alicyclic amines) is 1. The van der Waals surface area contributed by atoms with Gasteiger partial charge in [0.15, 0.2) is 0 Å². The lowest BCUT2D eigenvalue weighted by Crippen LogP contribution is -2.35. The zero-order chi connectivity index (χ0) is 25.2. The predicted molar refractivity (Wildman–Crippen MR) is 144 cm³/mol. The molecule has 188 valence electrons. The van der Waals surface area contributed by atoms with Crippen LogP contribution in [-0.2, 0) is 13.2 Å². The number of hydrogen-bond donors (Lipinski definition) is 0. The van der Waals surface area contributed by atoms with Crippen molar-refractivity contribution in [2.24, 2.45) is 5.92 Å². The summed E-state index contributed by atoms with van der Waals surface area (Å²) in [6, 6.07) is 22.0. The van der Waals surface area contributed by atoms with Gasteiger partial charge in [0.2, 0.25) is 0 Å². The van der Waals surface area contributed by atoms with Gasteiger partial charge in [-0.05, 0) is 54.8 Å². The van der Waals surface area contributed by atoms with Gasteiger partial charge in [-0.25, -0.2) is 4.98 Å². The van der Waals surface area contributed by atoms with Gasteiger partial charge >= 0.3 is 0 Å². The van der Waals surface area contributed by atoms with E-state index in [0.717, 1.165) is 43.4 Å². The first kappa shape index (κ1) is 23.7. The molecule has 0 aliphatic carbocycles. The van der Waals surface area contributed by atoms with Crippen LogP contribution in [0.25, 0.3) is 5.69 Å². The van der Waals surface area contributed by atoms with Crippen molar-refractivity contribution in [3.8, 4) is 11.4 Å². The average Bonchev–Trinajstić information content (AvgIpc) is 3.51. The van der Waals surface area contributed by atoms with E-state index >= 15 is 0 Å². The fraction of sp³-hybridized carbons (Fsp3) is 0.276. The van der Waals surface area contributed by atoms with Gasteiger partial charge in [0.25, 0.3) is 5.56 Å². The summed E-state index contributed by atoms with van der Waals surface area (Å²) in [7, 11) is 0. The van der Waals surface area contributed by atoms with Gasteiger partial charge in [-0.15, -0.1) is 0 Å². The summed E-state index contributed by atoms with van der Waals surface area (Å²) < 4.78 is 7.30. The number of aromatic nitrogens is 3. The van der Waals surface area contributed by atoms with Crippen molar-refractivity contribution in [1.29, 1.82) is 0 Å². The number of rotatable bonds is 7. The Morgan fingerprint density at radius 3 is 2.62 bits per heavy atom. The topological polar surface area (TPSA) is 63.5 Å². The van der Waals surface area contributed by atoms with Crippen molar-refractivity contribution in [2.45, 2.75) is 25.6 Å². The standard InChI is InChI=1S/C29H28ClN5O2/c30-23-6-7-24(31-15-23)20-37-26-11-13-35(29(36)14-26)25-8-9-28(32-16-25)34-18-22-10-12-33(27(22)19-34)17-21-4-2-1-3-5-21/h1-9,11,13-16,22,27H,10,12,17-20H2. The van der Waals surface area contributed by atoms with Crippen LogP contribution < -0.4 is 15.2 Å². The van der Waals surface area contributed by atoms with Crippen LogP contribution in [0, 0.1) is 5.92 Å². The quantitative estimate of drug-likeness (QED) is 0.361. The highest BCUT2D eigenvalue weighted by molar-refractivity contribution is 6.30. The highest BCUT2D eigenvalue weighted by Gasteiger charge is 2.41. The van der Waals surface area contributed by atoms with Crippen LogP contribution in [-0.4, -0.2) is 45.1 Å². The summed E-state index contributed by atoms with van der Waals surface area (Å²) >= 11 is 5.87. The monoisotopic (exact) mass is 513 g/mol. The summed E-state index contributed by atoms with van der Waals surface area (Å²) in [6.07, 6.45) is 6.28. The van der Waals surface area contributed by atoms with Crippen LogP contribution in [0.4, 0.5) is 5.82 Å². The second kappa shape index (κ2) is 10.4. The van der Waals surface area contributed by atoms with Crippen molar-refractivity contribution < 1.29 is 4.74 Å². The first-order chi connectivity index (χ1) is 18.1. The lowest BCUT2D eigenvalue weighted by Gasteiger charge is -2.25. The molecule has 0 amide bonds. The van der Waals surface area contributed by atoms with E-state index in [9.17, 15) is 4.79 Å². The molecule has 0 bridgehead atoms. The van der Waals surface area contributed by atoms with Gasteiger partial charge in [0.1, 0.15) is 18.2 Å². The summed E-state index contributed by atoms with van der Waals surface area (Å²) in [5, 5.41) is 0.573. The molecule has 4 aromatic rings. The zero-order valence-corrected chi connectivity index (χ0v) is 21.2. The van der Waals surface area contributed by atoms with E-state index in [1.807, 2.05) is 12.1 Å². The highest BCUT2D eigenvalue weighted by Crippen LogP contribution is 2.34. The molecule has 0 saturated carbocycles. The fourth-order valence-electron chi connectivity index (χ4n) is 5.37. The van der Waals surface area contributed by atoms with Crippen LogP contribution in [0.5, 0.6) is 5.75 Å². The average molecular weight is 514 g/mol. The van der Waals surface area contributed by atoms with Crippen molar-refractivity contribution in [3.05, 3.63) is 112 Å². The van der Waals surface area contributed by atoms with E-state index in [1.54, 1.807) is 41.4 Å². The van der Waals surface area contributed by atoms with Gasteiger partial charge in [-0.3, -0.25) is 19.2 Å². The number of pyridine rings is 3. The molecule has 7 nitrogen and oxygen atoms in total. The number of hydrogen-bond acceptors (Lipinski definition) is 6. The third-order valence-corrected chi connectivity index (χ3v) is 7.52. The van der Waals surface area contributed by atoms with Crippen LogP contribution >= 0.6 is 11.6 Å². The van der Waals surface area contributed by atoms with Gasteiger partial charge < -0.3 is 9.64 Å². The fourth-order valence-corrected chi connectivity index (χ4v) is 5.48. The molecule has 2 aliphatic heterocycles. The molecule has 2 atom stereocenters. The van der Waals surface area contributed by atoms with Gasteiger partial charge in [-0.2, -0.15) is 0 Å². The lowest BCUT2D eigenvalue weighted by atomic mass is 10.0. The third kappa shape index (κ3) is 5.24. The smallest absolute Gasteiger partial charge is 0.258 e. The molecule has 6 rings (SSSR count). The number of benzene rings is 1. The molecular weight excluding hydrogens is 486 g/mol. The Kier molecular flexibility index (Phi) is 6.64. The van der Waals surface area contributed by atoms with E-state index < -0.39 is 0 Å². The summed E-state index contributed by atoms with van der Waals surface area (Å²) in [4.78, 5) is 26.7. The highest BCUT2D eigenvalue weighted by atomic mass is 35.5. The van der Waals surface area contributed by atoms with Crippen LogP contribution in [0.1, 0.15) is 17.7 Å². The molecule has 0 N–H and O–H groups in total. The molecule has 1 aromatic carbocycles. The predicted octanol–water partition coefficient (Wildman–Crippen LogP) is 4.57. The molecule has 2 aliphatic rings. The van der Waals surface area contributed by atoms with Crippen LogP contribution in [0.15, 0.2) is 90.1 Å². The van der Waals surface area contributed by atoms with E-state index in [2.05, 4.69) is 45.1 Å². The minimum absolute atomic E-state index is 0.177. The molecular formula is C29H28ClN5O2. The van der Waals surface area contributed by atoms with Crippen molar-refractivity contribution >= 4 is 17.4 Å². The minimum atomic E-state index is -0.177.